The quantitative estimate of drug-likeness (QED) is 0.815. The van der Waals surface area contributed by atoms with Crippen molar-refractivity contribution in [1.82, 2.24) is 0 Å². The van der Waals surface area contributed by atoms with Crippen LogP contribution in [0.2, 0.25) is 0 Å². The van der Waals surface area contributed by atoms with E-state index in [2.05, 4.69) is 0 Å². The number of carbonyl (C=O) groups is 1. The third-order valence-electron chi connectivity index (χ3n) is 3.82. The normalized spacial score (nSPS) is 12.4. The lowest BCUT2D eigenvalue weighted by molar-refractivity contribution is 0.0955. The Morgan fingerprint density at radius 2 is 1.62 bits per heavy atom. The van der Waals surface area contributed by atoms with Crippen LogP contribution in [-0.4, -0.2) is 32.3 Å². The van der Waals surface area contributed by atoms with Crippen LogP contribution in [0.4, 0.5) is 0 Å². The van der Waals surface area contributed by atoms with E-state index in [-0.39, 0.29) is 0 Å². The second-order valence-corrected chi connectivity index (χ2v) is 8.04. The Balaban J connectivity index is 2.72. The molecule has 2 aromatic carbocycles. The van der Waals surface area contributed by atoms with Crippen LogP contribution >= 0.6 is 0 Å². The maximum Gasteiger partial charge on any atom is 0.184 e. The maximum absolute atomic E-state index is 12.7. The smallest absolute Gasteiger partial charge is 0.184 e. The molecule has 0 spiro atoms. The Morgan fingerprint density at radius 3 is 2.14 bits per heavy atom. The van der Waals surface area contributed by atoms with Gasteiger partial charge in [-0.1, -0.05) is 24.3 Å². The van der Waals surface area contributed by atoms with Gasteiger partial charge in [-0.3, -0.25) is 4.79 Å². The number of hydrogen-bond donors (Lipinski definition) is 0. The van der Waals surface area contributed by atoms with Crippen LogP contribution in [0.5, 0.6) is 5.75 Å². The number of hydrogen-bond acceptors (Lipinski definition) is 4. The van der Waals surface area contributed by atoms with Crippen molar-refractivity contribution in [3.05, 3.63) is 42.0 Å². The van der Waals surface area contributed by atoms with Gasteiger partial charge in [-0.2, -0.15) is 0 Å². The third-order valence-corrected chi connectivity index (χ3v) is 5.86. The fourth-order valence-corrected chi connectivity index (χ4v) is 2.59. The fourth-order valence-electron chi connectivity index (χ4n) is 2.14. The van der Waals surface area contributed by atoms with E-state index in [0.717, 1.165) is 11.6 Å². The fraction of sp³-hybridized carbons (Fsp3) is 0.312. The Hall–Kier alpha value is -1.88. The van der Waals surface area contributed by atoms with Gasteiger partial charge in [-0.05, 0) is 31.4 Å². The molecule has 2 aromatic rings. The van der Waals surface area contributed by atoms with E-state index in [1.165, 1.54) is 13.8 Å². The van der Waals surface area contributed by atoms with Gasteiger partial charge in [0.05, 0.1) is 7.11 Å². The molecule has 0 aliphatic carbocycles. The van der Waals surface area contributed by atoms with Crippen molar-refractivity contribution in [3.63, 3.8) is 0 Å². The number of rotatable bonds is 4. The highest BCUT2D eigenvalue weighted by molar-refractivity contribution is 7.92. The highest BCUT2D eigenvalue weighted by Crippen LogP contribution is 2.31. The molecular formula is C16H18O4S. The van der Waals surface area contributed by atoms with Crippen LogP contribution in [-0.2, 0) is 9.84 Å². The van der Waals surface area contributed by atoms with E-state index >= 15 is 0 Å². The molecule has 5 heteroatoms. The van der Waals surface area contributed by atoms with Gasteiger partial charge >= 0.3 is 0 Å². The average molecular weight is 306 g/mol. The second kappa shape index (κ2) is 5.15. The summed E-state index contributed by atoms with van der Waals surface area (Å²) in [5.74, 6) is 0.239. The largest absolute Gasteiger partial charge is 0.496 e. The van der Waals surface area contributed by atoms with E-state index in [0.29, 0.717) is 16.7 Å². The molecule has 0 unspecified atom stereocenters. The van der Waals surface area contributed by atoms with Gasteiger partial charge in [0.1, 0.15) is 10.5 Å². The highest BCUT2D eigenvalue weighted by atomic mass is 32.2. The number of sulfone groups is 1. The number of benzene rings is 2. The second-order valence-electron chi connectivity index (χ2n) is 5.47. The molecule has 0 N–H and O–H groups in total. The van der Waals surface area contributed by atoms with Crippen molar-refractivity contribution in [2.75, 3.05) is 13.4 Å². The SMILES string of the molecule is COc1ccc(C(=O)C(C)(C)S(C)(=O)=O)c2ccccc12. The first kappa shape index (κ1) is 15.5. The Morgan fingerprint density at radius 1 is 1.05 bits per heavy atom. The van der Waals surface area contributed by atoms with Crippen molar-refractivity contribution in [3.8, 4) is 5.75 Å². The Bertz CT molecular complexity index is 804. The number of methoxy groups -OCH3 is 1. The summed E-state index contributed by atoms with van der Waals surface area (Å²) in [5, 5.41) is 1.48. The highest BCUT2D eigenvalue weighted by Gasteiger charge is 2.39. The molecule has 0 aliphatic heterocycles. The summed E-state index contributed by atoms with van der Waals surface area (Å²) < 4.78 is 27.6. The Labute approximate surface area is 124 Å². The van der Waals surface area contributed by atoms with Crippen LogP contribution in [0.15, 0.2) is 36.4 Å². The summed E-state index contributed by atoms with van der Waals surface area (Å²) in [6.07, 6.45) is 1.08. The van der Waals surface area contributed by atoms with E-state index in [1.807, 2.05) is 18.2 Å². The minimum atomic E-state index is -3.51. The molecule has 0 saturated carbocycles. The summed E-state index contributed by atoms with van der Waals surface area (Å²) in [6, 6.07) is 10.6. The lowest BCUT2D eigenvalue weighted by Gasteiger charge is -2.22. The predicted molar refractivity (Wildman–Crippen MR) is 83.8 cm³/mol. The molecule has 0 bridgehead atoms. The zero-order valence-corrected chi connectivity index (χ0v) is 13.3. The van der Waals surface area contributed by atoms with E-state index < -0.39 is 20.4 Å². The van der Waals surface area contributed by atoms with Gasteiger partial charge < -0.3 is 4.74 Å². The molecule has 112 valence electrons. The van der Waals surface area contributed by atoms with Crippen molar-refractivity contribution in [2.24, 2.45) is 0 Å². The molecule has 0 aromatic heterocycles. The summed E-state index contributed by atoms with van der Waals surface area (Å²) in [5.41, 5.74) is 0.391. The molecule has 4 nitrogen and oxygen atoms in total. The minimum Gasteiger partial charge on any atom is -0.496 e. The number of ether oxygens (including phenoxy) is 1. The summed E-state index contributed by atoms with van der Waals surface area (Å²) in [7, 11) is -1.96. The predicted octanol–water partition coefficient (Wildman–Crippen LogP) is 2.85. The summed E-state index contributed by atoms with van der Waals surface area (Å²) in [6.45, 7) is 2.87. The number of Topliss-reactive ketones (excluding diaryl/α,β-unsaturated/α-hetero) is 1. The number of carbonyl (C=O) groups excluding carboxylic acids is 1. The standard InChI is InChI=1S/C16H18O4S/c1-16(2,21(4,18)19)15(17)13-9-10-14(20-3)12-8-6-5-7-11(12)13/h5-10H,1-4H3. The first-order valence-electron chi connectivity index (χ1n) is 6.50. The molecule has 0 aliphatic rings. The molecule has 0 saturated heterocycles. The first-order chi connectivity index (χ1) is 9.70. The Kier molecular flexibility index (Phi) is 3.80. The van der Waals surface area contributed by atoms with Gasteiger partial charge in [0.15, 0.2) is 15.6 Å². The van der Waals surface area contributed by atoms with Crippen LogP contribution in [0.3, 0.4) is 0 Å². The lowest BCUT2D eigenvalue weighted by Crippen LogP contribution is -2.40. The van der Waals surface area contributed by atoms with E-state index in [1.54, 1.807) is 25.3 Å². The van der Waals surface area contributed by atoms with Crippen LogP contribution < -0.4 is 4.74 Å². The summed E-state index contributed by atoms with van der Waals surface area (Å²) in [4.78, 5) is 12.7. The molecule has 0 radical (unpaired) electrons. The average Bonchev–Trinajstić information content (AvgIpc) is 2.44. The van der Waals surface area contributed by atoms with Crippen molar-refractivity contribution >= 4 is 26.4 Å². The molecule has 0 amide bonds. The van der Waals surface area contributed by atoms with Gasteiger partial charge in [-0.25, -0.2) is 8.42 Å². The molecule has 0 fully saturated rings. The van der Waals surface area contributed by atoms with Crippen LogP contribution in [0, 0.1) is 0 Å². The summed E-state index contributed by atoms with van der Waals surface area (Å²) >= 11 is 0. The molecule has 2 rings (SSSR count). The zero-order chi connectivity index (χ0) is 15.8. The number of ketones is 1. The van der Waals surface area contributed by atoms with Crippen molar-refractivity contribution in [2.45, 2.75) is 18.6 Å². The molecular weight excluding hydrogens is 288 g/mol. The van der Waals surface area contributed by atoms with E-state index in [9.17, 15) is 13.2 Å². The van der Waals surface area contributed by atoms with Gasteiger partial charge in [0.25, 0.3) is 0 Å². The van der Waals surface area contributed by atoms with Crippen molar-refractivity contribution < 1.29 is 17.9 Å². The van der Waals surface area contributed by atoms with Gasteiger partial charge in [0.2, 0.25) is 0 Å². The molecule has 21 heavy (non-hydrogen) atoms. The van der Waals surface area contributed by atoms with E-state index in [4.69, 9.17) is 4.74 Å². The lowest BCUT2D eigenvalue weighted by atomic mass is 9.94. The monoisotopic (exact) mass is 306 g/mol. The van der Waals surface area contributed by atoms with Gasteiger partial charge in [0, 0.05) is 17.2 Å². The van der Waals surface area contributed by atoms with Crippen LogP contribution in [0.25, 0.3) is 10.8 Å². The zero-order valence-electron chi connectivity index (χ0n) is 12.5. The molecule has 0 atom stereocenters. The third kappa shape index (κ3) is 2.53. The minimum absolute atomic E-state index is 0.391. The van der Waals surface area contributed by atoms with Crippen LogP contribution in [0.1, 0.15) is 24.2 Å². The topological polar surface area (TPSA) is 60.4 Å². The van der Waals surface area contributed by atoms with Gasteiger partial charge in [-0.15, -0.1) is 0 Å². The maximum atomic E-state index is 12.7. The molecule has 0 heterocycles. The first-order valence-corrected chi connectivity index (χ1v) is 8.39. The van der Waals surface area contributed by atoms with Crippen molar-refractivity contribution in [1.29, 1.82) is 0 Å². The number of fused-ring (bicyclic) bond motifs is 1.